The van der Waals surface area contributed by atoms with Crippen molar-refractivity contribution < 1.29 is 28.2 Å². The molecule has 8 heteroatoms. The lowest BCUT2D eigenvalue weighted by Gasteiger charge is -2.19. The number of carboxylic acids is 1. The molecule has 2 N–H and O–H groups in total. The van der Waals surface area contributed by atoms with Crippen LogP contribution in [0.1, 0.15) is 5.69 Å². The molecule has 2 heterocycles. The van der Waals surface area contributed by atoms with Crippen LogP contribution in [0, 0.1) is 5.92 Å². The number of nitrogens with one attached hydrogen (secondary N) is 1. The number of carbonyl (C=O) groups is 1. The molecule has 1 aromatic heterocycles. The molecule has 0 fully saturated rings. The molecule has 1 unspecified atom stereocenters. The molecule has 0 bridgehead atoms. The van der Waals surface area contributed by atoms with E-state index in [-0.39, 0.29) is 18.8 Å². The molecule has 22 heavy (non-hydrogen) atoms. The minimum atomic E-state index is -2.91. The number of nitrogens with zero attached hydrogens (tertiary/aromatic N) is 1. The number of hydrogen-bond acceptors (Lipinski definition) is 4. The summed E-state index contributed by atoms with van der Waals surface area (Å²) in [6.07, 6.45) is 0.283. The number of ether oxygens (including phenoxy) is 2. The van der Waals surface area contributed by atoms with Gasteiger partial charge in [0.2, 0.25) is 0 Å². The number of hydrogen-bond donors (Lipinski definition) is 2. The summed E-state index contributed by atoms with van der Waals surface area (Å²) in [6, 6.07) is 6.09. The minimum Gasteiger partial charge on any atom is -0.488 e. The first-order valence-electron chi connectivity index (χ1n) is 6.52. The van der Waals surface area contributed by atoms with E-state index >= 15 is 0 Å². The van der Waals surface area contributed by atoms with Crippen molar-refractivity contribution in [2.75, 3.05) is 6.61 Å². The van der Waals surface area contributed by atoms with Gasteiger partial charge in [-0.25, -0.2) is 0 Å². The number of carboxylic acid groups (broad SMARTS) is 1. The van der Waals surface area contributed by atoms with Gasteiger partial charge >= 0.3 is 12.6 Å². The molecule has 3 rings (SSSR count). The zero-order valence-corrected chi connectivity index (χ0v) is 11.3. The van der Waals surface area contributed by atoms with E-state index in [9.17, 15) is 13.6 Å². The Kier molecular flexibility index (Phi) is 3.66. The van der Waals surface area contributed by atoms with Crippen molar-refractivity contribution in [3.63, 3.8) is 0 Å². The van der Waals surface area contributed by atoms with E-state index in [0.29, 0.717) is 22.7 Å². The topological polar surface area (TPSA) is 84.4 Å². The Morgan fingerprint density at radius 3 is 3.05 bits per heavy atom. The van der Waals surface area contributed by atoms with Gasteiger partial charge in [0.05, 0.1) is 11.6 Å². The molecule has 6 nitrogen and oxygen atoms in total. The van der Waals surface area contributed by atoms with Crippen molar-refractivity contribution in [3.05, 3.63) is 30.0 Å². The van der Waals surface area contributed by atoms with E-state index in [1.807, 2.05) is 0 Å². The van der Waals surface area contributed by atoms with Crippen molar-refractivity contribution in [2.45, 2.75) is 13.0 Å². The summed E-state index contributed by atoms with van der Waals surface area (Å²) in [4.78, 5) is 11.0. The first kappa shape index (κ1) is 14.3. The maximum Gasteiger partial charge on any atom is 0.387 e. The molecular formula is C14H12F2N2O4. The molecule has 1 atom stereocenters. The Morgan fingerprint density at radius 1 is 1.50 bits per heavy atom. The summed E-state index contributed by atoms with van der Waals surface area (Å²) in [6.45, 7) is -2.86. The fourth-order valence-electron chi connectivity index (χ4n) is 2.32. The molecule has 0 radical (unpaired) electrons. The summed E-state index contributed by atoms with van der Waals surface area (Å²) in [5.74, 6) is -1.10. The van der Waals surface area contributed by atoms with Crippen molar-refractivity contribution in [1.29, 1.82) is 0 Å². The third-order valence-electron chi connectivity index (χ3n) is 3.35. The average molecular weight is 310 g/mol. The number of H-pyrrole nitrogens is 1. The zero-order valence-electron chi connectivity index (χ0n) is 11.3. The maximum atomic E-state index is 12.3. The first-order chi connectivity index (χ1) is 10.5. The van der Waals surface area contributed by atoms with Gasteiger partial charge in [-0.05, 0) is 12.1 Å². The van der Waals surface area contributed by atoms with Gasteiger partial charge in [0.25, 0.3) is 0 Å². The average Bonchev–Trinajstić information content (AvgIpc) is 2.89. The van der Waals surface area contributed by atoms with Gasteiger partial charge in [-0.1, -0.05) is 12.1 Å². The van der Waals surface area contributed by atoms with E-state index in [2.05, 4.69) is 14.9 Å². The second kappa shape index (κ2) is 5.63. The number of aliphatic carboxylic acids is 1. The minimum absolute atomic E-state index is 0.0171. The monoisotopic (exact) mass is 310 g/mol. The lowest BCUT2D eigenvalue weighted by Crippen LogP contribution is -2.27. The Balaban J connectivity index is 1.90. The highest BCUT2D eigenvalue weighted by Gasteiger charge is 2.29. The fraction of sp³-hybridized carbons (Fsp3) is 0.286. The molecule has 0 aliphatic carbocycles. The predicted octanol–water partition coefficient (Wildman–Crippen LogP) is 2.31. The zero-order chi connectivity index (χ0) is 15.7. The number of fused-ring (bicyclic) bond motifs is 1. The number of benzene rings is 1. The van der Waals surface area contributed by atoms with Crippen LogP contribution in [0.3, 0.4) is 0 Å². The highest BCUT2D eigenvalue weighted by atomic mass is 19.3. The summed E-state index contributed by atoms with van der Waals surface area (Å²) in [7, 11) is 0. The lowest BCUT2D eigenvalue weighted by atomic mass is 10.0. The van der Waals surface area contributed by atoms with Crippen molar-refractivity contribution in [2.24, 2.45) is 5.92 Å². The first-order valence-corrected chi connectivity index (χ1v) is 6.52. The molecule has 0 amide bonds. The van der Waals surface area contributed by atoms with Gasteiger partial charge in [0.15, 0.2) is 5.75 Å². The van der Waals surface area contributed by atoms with Gasteiger partial charge in [-0.15, -0.1) is 0 Å². The van der Waals surface area contributed by atoms with Gasteiger partial charge < -0.3 is 14.6 Å². The van der Waals surface area contributed by atoms with Gasteiger partial charge in [0.1, 0.15) is 18.1 Å². The second-order valence-corrected chi connectivity index (χ2v) is 4.84. The van der Waals surface area contributed by atoms with Crippen LogP contribution in [0.4, 0.5) is 8.78 Å². The van der Waals surface area contributed by atoms with Gasteiger partial charge in [0, 0.05) is 12.0 Å². The molecule has 1 aliphatic heterocycles. The molecule has 1 aromatic carbocycles. The van der Waals surface area contributed by atoms with Crippen molar-refractivity contribution >= 4 is 5.97 Å². The third-order valence-corrected chi connectivity index (χ3v) is 3.35. The van der Waals surface area contributed by atoms with Crippen LogP contribution in [-0.4, -0.2) is 34.5 Å². The largest absolute Gasteiger partial charge is 0.488 e. The number of aromatic nitrogens is 2. The number of rotatable bonds is 4. The molecule has 0 saturated carbocycles. The summed E-state index contributed by atoms with van der Waals surface area (Å²) in [5.41, 5.74) is 1.57. The lowest BCUT2D eigenvalue weighted by molar-refractivity contribution is -0.143. The summed E-state index contributed by atoms with van der Waals surface area (Å²) < 4.78 is 34.4. The molecule has 2 aromatic rings. The quantitative estimate of drug-likeness (QED) is 0.905. The van der Waals surface area contributed by atoms with Crippen LogP contribution < -0.4 is 9.47 Å². The summed E-state index contributed by atoms with van der Waals surface area (Å²) in [5, 5.41) is 15.8. The van der Waals surface area contributed by atoms with Crippen molar-refractivity contribution in [3.8, 4) is 22.8 Å². The van der Waals surface area contributed by atoms with Crippen LogP contribution in [0.2, 0.25) is 0 Å². The van der Waals surface area contributed by atoms with Gasteiger partial charge in [-0.2, -0.15) is 13.9 Å². The van der Waals surface area contributed by atoms with Crippen LogP contribution in [0.5, 0.6) is 11.5 Å². The predicted molar refractivity (Wildman–Crippen MR) is 71.0 cm³/mol. The van der Waals surface area contributed by atoms with Gasteiger partial charge in [-0.3, -0.25) is 9.89 Å². The summed E-state index contributed by atoms with van der Waals surface area (Å²) >= 11 is 0. The second-order valence-electron chi connectivity index (χ2n) is 4.84. The number of alkyl halides is 2. The number of halogens is 2. The molecule has 1 aliphatic rings. The normalized spacial score (nSPS) is 17.0. The standard InChI is InChI=1S/C14H12F2N2O4/c15-14(16)22-9-3-1-2-7(4-9)11-12-10(17-18-11)5-8(6-21-12)13(19)20/h1-4,8,14H,5-6H2,(H,17,18)(H,19,20). The van der Waals surface area contributed by atoms with Crippen LogP contribution >= 0.6 is 0 Å². The van der Waals surface area contributed by atoms with E-state index < -0.39 is 18.5 Å². The maximum absolute atomic E-state index is 12.3. The van der Waals surface area contributed by atoms with Crippen LogP contribution in [0.25, 0.3) is 11.3 Å². The van der Waals surface area contributed by atoms with Crippen LogP contribution in [-0.2, 0) is 11.2 Å². The van der Waals surface area contributed by atoms with E-state index in [4.69, 9.17) is 9.84 Å². The highest BCUT2D eigenvalue weighted by molar-refractivity contribution is 5.73. The SMILES string of the molecule is O=C(O)C1COc2c(-c3cccc(OC(F)F)c3)n[nH]c2C1. The molecule has 116 valence electrons. The highest BCUT2D eigenvalue weighted by Crippen LogP contribution is 2.36. The van der Waals surface area contributed by atoms with E-state index in [1.54, 1.807) is 12.1 Å². The third kappa shape index (κ3) is 2.72. The Labute approximate surface area is 123 Å². The van der Waals surface area contributed by atoms with E-state index in [1.165, 1.54) is 12.1 Å². The van der Waals surface area contributed by atoms with Crippen LogP contribution in [0.15, 0.2) is 24.3 Å². The number of aromatic amines is 1. The molecule has 0 spiro atoms. The smallest absolute Gasteiger partial charge is 0.387 e. The molecular weight excluding hydrogens is 298 g/mol. The Morgan fingerprint density at radius 2 is 2.32 bits per heavy atom. The fourth-order valence-corrected chi connectivity index (χ4v) is 2.32. The van der Waals surface area contributed by atoms with E-state index in [0.717, 1.165) is 0 Å². The molecule has 0 saturated heterocycles. The Hall–Kier alpha value is -2.64. The Bertz CT molecular complexity index is 702. The van der Waals surface area contributed by atoms with Crippen molar-refractivity contribution in [1.82, 2.24) is 10.2 Å².